The van der Waals surface area contributed by atoms with Gasteiger partial charge in [0.25, 0.3) is 5.91 Å². The third-order valence-corrected chi connectivity index (χ3v) is 3.26. The van der Waals surface area contributed by atoms with E-state index in [0.717, 1.165) is 12.8 Å². The Balaban J connectivity index is 2.97. The predicted molar refractivity (Wildman–Crippen MR) is 71.5 cm³/mol. The van der Waals surface area contributed by atoms with Crippen LogP contribution in [0, 0.1) is 0 Å². The molecule has 0 saturated heterocycles. The van der Waals surface area contributed by atoms with Gasteiger partial charge in [-0.2, -0.15) is 0 Å². The number of amides is 1. The summed E-state index contributed by atoms with van der Waals surface area (Å²) in [6.45, 7) is 5.81. The third kappa shape index (κ3) is 3.36. The number of carboxylic acid groups (broad SMARTS) is 1. The summed E-state index contributed by atoms with van der Waals surface area (Å²) < 4.78 is 5.36. The van der Waals surface area contributed by atoms with Gasteiger partial charge in [-0.1, -0.05) is 20.3 Å². The number of hydrogen-bond donors (Lipinski definition) is 1. The maximum absolute atomic E-state index is 12.2. The Hall–Kier alpha value is -1.78. The van der Waals surface area contributed by atoms with Crippen LogP contribution in [0.2, 0.25) is 0 Å². The van der Waals surface area contributed by atoms with Gasteiger partial charge < -0.3 is 14.4 Å². The van der Waals surface area contributed by atoms with Gasteiger partial charge in [-0.3, -0.25) is 4.79 Å². The van der Waals surface area contributed by atoms with Crippen molar-refractivity contribution in [2.24, 2.45) is 0 Å². The van der Waals surface area contributed by atoms with E-state index >= 15 is 0 Å². The van der Waals surface area contributed by atoms with E-state index in [1.807, 2.05) is 6.92 Å². The van der Waals surface area contributed by atoms with Gasteiger partial charge in [0, 0.05) is 25.6 Å². The van der Waals surface area contributed by atoms with Crippen molar-refractivity contribution in [2.45, 2.75) is 46.1 Å². The summed E-state index contributed by atoms with van der Waals surface area (Å²) >= 11 is 0. The molecule has 1 atom stereocenters. The number of furan rings is 1. The van der Waals surface area contributed by atoms with E-state index < -0.39 is 5.97 Å². The molecule has 0 radical (unpaired) electrons. The molecule has 0 spiro atoms. The number of rotatable bonds is 6. The highest BCUT2D eigenvalue weighted by molar-refractivity contribution is 5.96. The van der Waals surface area contributed by atoms with E-state index in [1.165, 1.54) is 6.07 Å². The monoisotopic (exact) mass is 267 g/mol. The molecule has 1 unspecified atom stereocenters. The third-order valence-electron chi connectivity index (χ3n) is 3.26. The van der Waals surface area contributed by atoms with Gasteiger partial charge in [0.05, 0.1) is 0 Å². The Morgan fingerprint density at radius 3 is 2.47 bits per heavy atom. The number of hydrogen-bond acceptors (Lipinski definition) is 3. The van der Waals surface area contributed by atoms with Crippen molar-refractivity contribution >= 4 is 11.9 Å². The molecule has 0 fully saturated rings. The molecule has 0 aliphatic carbocycles. The smallest absolute Gasteiger partial charge is 0.339 e. The van der Waals surface area contributed by atoms with Gasteiger partial charge in [-0.15, -0.1) is 0 Å². The molecule has 5 heteroatoms. The van der Waals surface area contributed by atoms with Crippen molar-refractivity contribution in [1.29, 1.82) is 0 Å². The molecule has 5 nitrogen and oxygen atoms in total. The number of nitrogens with zero attached hydrogens (tertiary/aromatic N) is 1. The van der Waals surface area contributed by atoms with E-state index in [4.69, 9.17) is 9.52 Å². The molecule has 1 rings (SSSR count). The van der Waals surface area contributed by atoms with E-state index in [-0.39, 0.29) is 23.3 Å². The number of aromatic carboxylic acids is 1. The Morgan fingerprint density at radius 1 is 1.42 bits per heavy atom. The van der Waals surface area contributed by atoms with Crippen LogP contribution in [0.15, 0.2) is 10.5 Å². The highest BCUT2D eigenvalue weighted by Crippen LogP contribution is 2.19. The van der Waals surface area contributed by atoms with E-state index in [0.29, 0.717) is 12.2 Å². The molecule has 0 aliphatic heterocycles. The lowest BCUT2D eigenvalue weighted by molar-refractivity contribution is 0.0687. The van der Waals surface area contributed by atoms with Crippen molar-refractivity contribution in [2.75, 3.05) is 7.05 Å². The first kappa shape index (κ1) is 15.3. The standard InChI is InChI=1S/C14H21NO4/c1-5-7-9(3)15(4)13(16)12-8-10(14(17)18)11(6-2)19-12/h8-9H,5-7H2,1-4H3,(H,17,18). The van der Waals surface area contributed by atoms with E-state index in [1.54, 1.807) is 18.9 Å². The molecule has 19 heavy (non-hydrogen) atoms. The Kier molecular flexibility index (Phi) is 5.15. The molecular formula is C14H21NO4. The molecule has 0 bridgehead atoms. The van der Waals surface area contributed by atoms with Gasteiger partial charge in [0.1, 0.15) is 11.3 Å². The van der Waals surface area contributed by atoms with Crippen LogP contribution in [0.3, 0.4) is 0 Å². The summed E-state index contributed by atoms with van der Waals surface area (Å²) in [7, 11) is 1.71. The topological polar surface area (TPSA) is 70.8 Å². The predicted octanol–water partition coefficient (Wildman–Crippen LogP) is 2.80. The molecule has 0 saturated carbocycles. The van der Waals surface area contributed by atoms with Crippen LogP contribution in [0.4, 0.5) is 0 Å². The van der Waals surface area contributed by atoms with Gasteiger partial charge in [0.2, 0.25) is 0 Å². The quantitative estimate of drug-likeness (QED) is 0.860. The van der Waals surface area contributed by atoms with Crippen LogP contribution in [-0.4, -0.2) is 35.0 Å². The zero-order valence-corrected chi connectivity index (χ0v) is 11.9. The second kappa shape index (κ2) is 6.41. The van der Waals surface area contributed by atoms with Crippen molar-refractivity contribution in [3.63, 3.8) is 0 Å². The minimum atomic E-state index is -1.07. The number of carboxylic acids is 1. The van der Waals surface area contributed by atoms with Crippen LogP contribution < -0.4 is 0 Å². The maximum Gasteiger partial charge on any atom is 0.339 e. The zero-order chi connectivity index (χ0) is 14.6. The fourth-order valence-corrected chi connectivity index (χ4v) is 1.96. The molecule has 1 amide bonds. The van der Waals surface area contributed by atoms with Crippen LogP contribution in [0.1, 0.15) is 60.3 Å². The minimum absolute atomic E-state index is 0.0717. The average molecular weight is 267 g/mol. The number of aryl methyl sites for hydroxylation is 1. The van der Waals surface area contributed by atoms with Gasteiger partial charge in [-0.25, -0.2) is 4.79 Å². The molecule has 0 aliphatic rings. The number of carbonyl (C=O) groups is 2. The van der Waals surface area contributed by atoms with Crippen LogP contribution in [0.25, 0.3) is 0 Å². The van der Waals surface area contributed by atoms with Gasteiger partial charge in [-0.05, 0) is 13.3 Å². The molecule has 1 heterocycles. The van der Waals surface area contributed by atoms with Gasteiger partial charge in [0.15, 0.2) is 5.76 Å². The van der Waals surface area contributed by atoms with Crippen molar-refractivity contribution in [3.8, 4) is 0 Å². The molecule has 1 aromatic heterocycles. The Morgan fingerprint density at radius 2 is 2.05 bits per heavy atom. The van der Waals surface area contributed by atoms with Crippen LogP contribution in [0.5, 0.6) is 0 Å². The van der Waals surface area contributed by atoms with Crippen molar-refractivity contribution < 1.29 is 19.1 Å². The fourth-order valence-electron chi connectivity index (χ4n) is 1.96. The van der Waals surface area contributed by atoms with E-state index in [9.17, 15) is 9.59 Å². The molecule has 106 valence electrons. The summed E-state index contributed by atoms with van der Waals surface area (Å²) in [6, 6.07) is 1.42. The average Bonchev–Trinajstić information content (AvgIpc) is 2.81. The SMILES string of the molecule is CCCC(C)N(C)C(=O)c1cc(C(=O)O)c(CC)o1. The molecule has 1 aromatic rings. The summed E-state index contributed by atoms with van der Waals surface area (Å²) in [4.78, 5) is 24.8. The Bertz CT molecular complexity index is 464. The largest absolute Gasteiger partial charge is 0.478 e. The second-order valence-electron chi connectivity index (χ2n) is 4.66. The van der Waals surface area contributed by atoms with Gasteiger partial charge >= 0.3 is 5.97 Å². The summed E-state index contributed by atoms with van der Waals surface area (Å²) in [5.74, 6) is -0.904. The van der Waals surface area contributed by atoms with E-state index in [2.05, 4.69) is 6.92 Å². The highest BCUT2D eigenvalue weighted by Gasteiger charge is 2.24. The normalized spacial score (nSPS) is 12.2. The lowest BCUT2D eigenvalue weighted by atomic mass is 10.1. The lowest BCUT2D eigenvalue weighted by Gasteiger charge is -2.23. The van der Waals surface area contributed by atoms with Crippen LogP contribution in [-0.2, 0) is 6.42 Å². The first-order valence-electron chi connectivity index (χ1n) is 6.55. The maximum atomic E-state index is 12.2. The second-order valence-corrected chi connectivity index (χ2v) is 4.66. The number of carbonyl (C=O) groups excluding carboxylic acids is 1. The molecule has 0 aromatic carbocycles. The summed E-state index contributed by atoms with van der Waals surface area (Å²) in [5, 5.41) is 9.04. The lowest BCUT2D eigenvalue weighted by Crippen LogP contribution is -2.34. The van der Waals surface area contributed by atoms with Crippen molar-refractivity contribution in [1.82, 2.24) is 4.90 Å². The fraction of sp³-hybridized carbons (Fsp3) is 0.571. The highest BCUT2D eigenvalue weighted by atomic mass is 16.4. The molecular weight excluding hydrogens is 246 g/mol. The summed E-state index contributed by atoms with van der Waals surface area (Å²) in [6.07, 6.45) is 2.33. The van der Waals surface area contributed by atoms with Crippen molar-refractivity contribution in [3.05, 3.63) is 23.2 Å². The van der Waals surface area contributed by atoms with Crippen LogP contribution >= 0.6 is 0 Å². The first-order chi connectivity index (χ1) is 8.92. The first-order valence-corrected chi connectivity index (χ1v) is 6.55. The summed E-state index contributed by atoms with van der Waals surface area (Å²) in [5.41, 5.74) is 0.0717. The zero-order valence-electron chi connectivity index (χ0n) is 11.9. The Labute approximate surface area is 113 Å². The minimum Gasteiger partial charge on any atom is -0.478 e. The molecule has 1 N–H and O–H groups in total.